The maximum atomic E-state index is 12.8. The van der Waals surface area contributed by atoms with Crippen molar-refractivity contribution in [3.8, 4) is 0 Å². The van der Waals surface area contributed by atoms with Crippen LogP contribution in [0.4, 0.5) is 10.1 Å². The number of thiophene rings is 1. The minimum Gasteiger partial charge on any atom is -0.453 e. The van der Waals surface area contributed by atoms with Crippen molar-refractivity contribution in [2.24, 2.45) is 0 Å². The summed E-state index contributed by atoms with van der Waals surface area (Å²) in [4.78, 5) is 24.7. The largest absolute Gasteiger partial charge is 0.453 e. The Hall–Kier alpha value is -2.21. The highest BCUT2D eigenvalue weighted by Crippen LogP contribution is 2.12. The number of rotatable bonds is 6. The number of benzene rings is 1. The number of aryl methyl sites for hydroxylation is 1. The Balaban J connectivity index is 1.77. The summed E-state index contributed by atoms with van der Waals surface area (Å²) in [6.07, 6.45) is -0.0711. The highest BCUT2D eigenvalue weighted by Gasteiger charge is 2.17. The molecule has 2 aromatic rings. The van der Waals surface area contributed by atoms with Gasteiger partial charge in [0.2, 0.25) is 0 Å². The Morgan fingerprint density at radius 2 is 2.00 bits per heavy atom. The van der Waals surface area contributed by atoms with Crippen molar-refractivity contribution < 1.29 is 18.7 Å². The van der Waals surface area contributed by atoms with Crippen LogP contribution < -0.4 is 5.32 Å². The fourth-order valence-electron chi connectivity index (χ4n) is 1.77. The van der Waals surface area contributed by atoms with Crippen LogP contribution in [0.3, 0.4) is 0 Å². The molecule has 0 spiro atoms. The molecule has 0 fully saturated rings. The quantitative estimate of drug-likeness (QED) is 0.830. The summed E-state index contributed by atoms with van der Waals surface area (Å²) in [5, 5.41) is 4.51. The molecule has 0 saturated heterocycles. The first-order valence-electron chi connectivity index (χ1n) is 6.83. The summed E-state index contributed by atoms with van der Waals surface area (Å²) in [5.74, 6) is -1.25. The van der Waals surface area contributed by atoms with Gasteiger partial charge in [-0.1, -0.05) is 6.07 Å². The zero-order valence-electron chi connectivity index (χ0n) is 12.0. The zero-order valence-corrected chi connectivity index (χ0v) is 12.9. The molecule has 1 N–H and O–H groups in total. The number of esters is 1. The third kappa shape index (κ3) is 4.96. The standard InChI is InChI=1S/C16H16FNO3S/c1-11(16(20)18-13-6-4-12(17)5-7-13)21-15(19)9-8-14-3-2-10-22-14/h2-7,10-11H,8-9H2,1H3,(H,18,20)/t11-/m0/s1. The second-order valence-corrected chi connectivity index (χ2v) is 5.74. The lowest BCUT2D eigenvalue weighted by Gasteiger charge is -2.13. The molecular formula is C16H16FNO3S. The van der Waals surface area contributed by atoms with Gasteiger partial charge in [0.25, 0.3) is 5.91 Å². The number of carbonyl (C=O) groups is 2. The lowest BCUT2D eigenvalue weighted by atomic mass is 10.2. The molecular weight excluding hydrogens is 305 g/mol. The van der Waals surface area contributed by atoms with Crippen LogP contribution in [0.15, 0.2) is 41.8 Å². The average molecular weight is 321 g/mol. The summed E-state index contributed by atoms with van der Waals surface area (Å²) < 4.78 is 17.9. The summed E-state index contributed by atoms with van der Waals surface area (Å²) in [5.41, 5.74) is 0.452. The number of carbonyl (C=O) groups excluding carboxylic acids is 2. The van der Waals surface area contributed by atoms with E-state index in [9.17, 15) is 14.0 Å². The van der Waals surface area contributed by atoms with Crippen LogP contribution in [0.5, 0.6) is 0 Å². The number of hydrogen-bond acceptors (Lipinski definition) is 4. The lowest BCUT2D eigenvalue weighted by Crippen LogP contribution is -2.30. The first-order valence-corrected chi connectivity index (χ1v) is 7.71. The molecule has 1 amide bonds. The van der Waals surface area contributed by atoms with E-state index in [-0.39, 0.29) is 12.2 Å². The second kappa shape index (κ2) is 7.70. The van der Waals surface area contributed by atoms with Crippen molar-refractivity contribution in [3.63, 3.8) is 0 Å². The van der Waals surface area contributed by atoms with Crippen LogP contribution in [0.2, 0.25) is 0 Å². The Labute approximate surface area is 131 Å². The predicted octanol–water partition coefficient (Wildman–Crippen LogP) is 3.39. The fraction of sp³-hybridized carbons (Fsp3) is 0.250. The Kier molecular flexibility index (Phi) is 5.66. The van der Waals surface area contributed by atoms with E-state index in [1.54, 1.807) is 11.3 Å². The molecule has 0 radical (unpaired) electrons. The molecule has 4 nitrogen and oxygen atoms in total. The molecule has 2 rings (SSSR count). The van der Waals surface area contributed by atoms with Gasteiger partial charge in [-0.05, 0) is 49.1 Å². The Morgan fingerprint density at radius 3 is 2.64 bits per heavy atom. The summed E-state index contributed by atoms with van der Waals surface area (Å²) in [6, 6.07) is 9.24. The number of amides is 1. The average Bonchev–Trinajstić information content (AvgIpc) is 3.01. The van der Waals surface area contributed by atoms with E-state index in [0.29, 0.717) is 12.1 Å². The summed E-state index contributed by atoms with van der Waals surface area (Å²) in [6.45, 7) is 1.50. The first-order chi connectivity index (χ1) is 10.5. The van der Waals surface area contributed by atoms with Crippen molar-refractivity contribution in [1.82, 2.24) is 0 Å². The van der Waals surface area contributed by atoms with Crippen LogP contribution in [0.25, 0.3) is 0 Å². The third-order valence-corrected chi connectivity index (χ3v) is 3.88. The van der Waals surface area contributed by atoms with Gasteiger partial charge in [-0.2, -0.15) is 0 Å². The van der Waals surface area contributed by atoms with Gasteiger partial charge < -0.3 is 10.1 Å². The molecule has 0 aliphatic heterocycles. The molecule has 22 heavy (non-hydrogen) atoms. The van der Waals surface area contributed by atoms with Gasteiger partial charge in [-0.3, -0.25) is 9.59 Å². The van der Waals surface area contributed by atoms with Crippen LogP contribution in [0.1, 0.15) is 18.2 Å². The number of nitrogens with one attached hydrogen (secondary N) is 1. The lowest BCUT2D eigenvalue weighted by molar-refractivity contribution is -0.153. The zero-order chi connectivity index (χ0) is 15.9. The van der Waals surface area contributed by atoms with E-state index in [4.69, 9.17) is 4.74 Å². The smallest absolute Gasteiger partial charge is 0.306 e. The third-order valence-electron chi connectivity index (χ3n) is 2.94. The van der Waals surface area contributed by atoms with Gasteiger partial charge in [-0.15, -0.1) is 11.3 Å². The van der Waals surface area contributed by atoms with Crippen molar-refractivity contribution in [3.05, 3.63) is 52.5 Å². The second-order valence-electron chi connectivity index (χ2n) is 4.71. The van der Waals surface area contributed by atoms with Crippen LogP contribution in [-0.4, -0.2) is 18.0 Å². The highest BCUT2D eigenvalue weighted by atomic mass is 32.1. The van der Waals surface area contributed by atoms with Gasteiger partial charge in [0.15, 0.2) is 6.10 Å². The van der Waals surface area contributed by atoms with Crippen molar-refractivity contribution in [2.45, 2.75) is 25.9 Å². The molecule has 0 aliphatic carbocycles. The van der Waals surface area contributed by atoms with E-state index < -0.39 is 18.0 Å². The molecule has 6 heteroatoms. The molecule has 0 bridgehead atoms. The normalized spacial score (nSPS) is 11.7. The summed E-state index contributed by atoms with van der Waals surface area (Å²) >= 11 is 1.58. The molecule has 0 saturated carbocycles. The first kappa shape index (κ1) is 16.2. The van der Waals surface area contributed by atoms with Crippen LogP contribution in [-0.2, 0) is 20.7 Å². The van der Waals surface area contributed by atoms with E-state index in [1.165, 1.54) is 31.2 Å². The Morgan fingerprint density at radius 1 is 1.27 bits per heavy atom. The Bertz CT molecular complexity index is 625. The SMILES string of the molecule is C[C@H](OC(=O)CCc1cccs1)C(=O)Nc1ccc(F)cc1. The predicted molar refractivity (Wildman–Crippen MR) is 83.2 cm³/mol. The van der Waals surface area contributed by atoms with Gasteiger partial charge in [-0.25, -0.2) is 4.39 Å². The van der Waals surface area contributed by atoms with E-state index in [1.807, 2.05) is 17.5 Å². The van der Waals surface area contributed by atoms with Gasteiger partial charge in [0.05, 0.1) is 6.42 Å². The molecule has 0 unspecified atom stereocenters. The van der Waals surface area contributed by atoms with Crippen LogP contribution in [0, 0.1) is 5.82 Å². The monoisotopic (exact) mass is 321 g/mol. The van der Waals surface area contributed by atoms with Crippen LogP contribution >= 0.6 is 11.3 Å². The minimum absolute atomic E-state index is 0.231. The van der Waals surface area contributed by atoms with Gasteiger partial charge in [0, 0.05) is 10.6 Å². The topological polar surface area (TPSA) is 55.4 Å². The number of halogens is 1. The van der Waals surface area contributed by atoms with Crippen molar-refractivity contribution >= 4 is 28.9 Å². The minimum atomic E-state index is -0.902. The fourth-order valence-corrected chi connectivity index (χ4v) is 2.48. The molecule has 116 valence electrons. The number of ether oxygens (including phenoxy) is 1. The maximum absolute atomic E-state index is 12.8. The van der Waals surface area contributed by atoms with Crippen molar-refractivity contribution in [1.29, 1.82) is 0 Å². The molecule has 0 aliphatic rings. The van der Waals surface area contributed by atoms with Crippen molar-refractivity contribution in [2.75, 3.05) is 5.32 Å². The van der Waals surface area contributed by atoms with E-state index in [0.717, 1.165) is 4.88 Å². The molecule has 1 atom stereocenters. The molecule has 1 aromatic heterocycles. The molecule has 1 aromatic carbocycles. The van der Waals surface area contributed by atoms with E-state index >= 15 is 0 Å². The number of hydrogen-bond donors (Lipinski definition) is 1. The maximum Gasteiger partial charge on any atom is 0.306 e. The van der Waals surface area contributed by atoms with Gasteiger partial charge >= 0.3 is 5.97 Å². The summed E-state index contributed by atoms with van der Waals surface area (Å²) in [7, 11) is 0. The highest BCUT2D eigenvalue weighted by molar-refractivity contribution is 7.09. The van der Waals surface area contributed by atoms with Gasteiger partial charge in [0.1, 0.15) is 5.82 Å². The number of anilines is 1. The molecule has 1 heterocycles. The van der Waals surface area contributed by atoms with E-state index in [2.05, 4.69) is 5.32 Å².